The minimum atomic E-state index is 0.0972. The molecule has 1 heteroatoms. The molecule has 148 valence electrons. The largest absolute Gasteiger partial charge is 0.256 e. The van der Waals surface area contributed by atoms with Gasteiger partial charge in [-0.2, -0.15) is 0 Å². The topological polar surface area (TPSA) is 12.9 Å². The van der Waals surface area contributed by atoms with Crippen molar-refractivity contribution < 1.29 is 0 Å². The van der Waals surface area contributed by atoms with Crippen LogP contribution < -0.4 is 0 Å². The number of rotatable bonds is 1. The Labute approximate surface area is 171 Å². The molecule has 1 aromatic heterocycles. The van der Waals surface area contributed by atoms with E-state index in [9.17, 15) is 0 Å². The van der Waals surface area contributed by atoms with E-state index in [1.54, 1.807) is 0 Å². The van der Waals surface area contributed by atoms with Crippen LogP contribution in [0.25, 0.3) is 22.0 Å². The van der Waals surface area contributed by atoms with Crippen LogP contribution in [0.3, 0.4) is 0 Å². The Morgan fingerprint density at radius 2 is 1.11 bits per heavy atom. The number of hydrogen-bond donors (Lipinski definition) is 0. The average Bonchev–Trinajstić information content (AvgIpc) is 2.58. The van der Waals surface area contributed by atoms with Crippen molar-refractivity contribution in [2.24, 2.45) is 0 Å². The van der Waals surface area contributed by atoms with Gasteiger partial charge in [-0.05, 0) is 56.5 Å². The van der Waals surface area contributed by atoms with Gasteiger partial charge in [0.05, 0.1) is 5.69 Å². The second-order valence-corrected chi connectivity index (χ2v) is 11.1. The van der Waals surface area contributed by atoms with Crippen molar-refractivity contribution in [2.45, 2.75) is 78.6 Å². The number of aromatic nitrogens is 1. The van der Waals surface area contributed by atoms with E-state index in [4.69, 9.17) is 4.98 Å². The van der Waals surface area contributed by atoms with Gasteiger partial charge in [0.25, 0.3) is 0 Å². The maximum atomic E-state index is 4.82. The van der Waals surface area contributed by atoms with Crippen LogP contribution in [0.4, 0.5) is 0 Å². The third-order valence-electron chi connectivity index (χ3n) is 5.57. The predicted molar refractivity (Wildman–Crippen MR) is 123 cm³/mol. The highest BCUT2D eigenvalue weighted by atomic mass is 14.7. The molecule has 0 saturated heterocycles. The molecule has 0 fully saturated rings. The molecule has 3 rings (SSSR count). The molecule has 0 aliphatic rings. The first kappa shape index (κ1) is 20.6. The van der Waals surface area contributed by atoms with Crippen LogP contribution in [0.2, 0.25) is 0 Å². The van der Waals surface area contributed by atoms with Crippen molar-refractivity contribution in [2.75, 3.05) is 0 Å². The Morgan fingerprint density at radius 3 is 1.61 bits per heavy atom. The van der Waals surface area contributed by atoms with E-state index in [0.717, 1.165) is 5.69 Å². The molecule has 0 radical (unpaired) electrons. The first-order chi connectivity index (χ1) is 12.8. The van der Waals surface area contributed by atoms with Crippen molar-refractivity contribution >= 4 is 10.8 Å². The number of pyridine rings is 1. The minimum Gasteiger partial charge on any atom is -0.256 e. The quantitative estimate of drug-likeness (QED) is 0.424. The van der Waals surface area contributed by atoms with Crippen LogP contribution in [-0.2, 0) is 16.2 Å². The van der Waals surface area contributed by atoms with Crippen molar-refractivity contribution in [1.29, 1.82) is 0 Å². The molecule has 0 aliphatic carbocycles. The SMILES string of the molecule is CC(C)(C)c1cc(-c2nccc3cc(C(C)(C)C)ccc23)cc(C(C)(C)C)c1. The number of hydrogen-bond acceptors (Lipinski definition) is 1. The summed E-state index contributed by atoms with van der Waals surface area (Å²) in [6.07, 6.45) is 1.95. The fraction of sp³-hybridized carbons (Fsp3) is 0.444. The summed E-state index contributed by atoms with van der Waals surface area (Å²) in [5.41, 5.74) is 6.71. The van der Waals surface area contributed by atoms with E-state index >= 15 is 0 Å². The lowest BCUT2D eigenvalue weighted by Gasteiger charge is -2.26. The van der Waals surface area contributed by atoms with Gasteiger partial charge in [-0.1, -0.05) is 86.6 Å². The van der Waals surface area contributed by atoms with Gasteiger partial charge in [0.1, 0.15) is 0 Å². The Hall–Kier alpha value is -2.15. The Bertz CT molecular complexity index is 973. The highest BCUT2D eigenvalue weighted by Gasteiger charge is 2.22. The summed E-state index contributed by atoms with van der Waals surface area (Å²) in [5, 5.41) is 2.48. The van der Waals surface area contributed by atoms with E-state index in [0.29, 0.717) is 0 Å². The van der Waals surface area contributed by atoms with Gasteiger partial charge >= 0.3 is 0 Å². The zero-order chi connectivity index (χ0) is 20.9. The molecule has 0 spiro atoms. The molecule has 28 heavy (non-hydrogen) atoms. The molecule has 0 aliphatic heterocycles. The summed E-state index contributed by atoms with van der Waals surface area (Å²) in [5.74, 6) is 0. The lowest BCUT2D eigenvalue weighted by Crippen LogP contribution is -2.16. The van der Waals surface area contributed by atoms with Gasteiger partial charge in [0, 0.05) is 17.1 Å². The number of fused-ring (bicyclic) bond motifs is 1. The molecule has 0 bridgehead atoms. The first-order valence-electron chi connectivity index (χ1n) is 10.3. The Balaban J connectivity index is 2.27. The normalized spacial score (nSPS) is 13.2. The third kappa shape index (κ3) is 4.14. The predicted octanol–water partition coefficient (Wildman–Crippen LogP) is 7.79. The molecular weight excluding hydrogens is 338 g/mol. The van der Waals surface area contributed by atoms with Crippen LogP contribution in [-0.4, -0.2) is 4.98 Å². The standard InChI is InChI=1S/C27H35N/c1-25(2,3)20-10-11-23-18(14-20)12-13-28-24(23)19-15-21(26(4,5)6)17-22(16-19)27(7,8)9/h10-17H,1-9H3. The summed E-state index contributed by atoms with van der Waals surface area (Å²) in [6.45, 7) is 20.5. The third-order valence-corrected chi connectivity index (χ3v) is 5.57. The summed E-state index contributed by atoms with van der Waals surface area (Å²) < 4.78 is 0. The zero-order valence-corrected chi connectivity index (χ0v) is 19.1. The Morgan fingerprint density at radius 1 is 0.571 bits per heavy atom. The highest BCUT2D eigenvalue weighted by Crippen LogP contribution is 2.36. The van der Waals surface area contributed by atoms with E-state index in [1.807, 2.05) is 6.20 Å². The second-order valence-electron chi connectivity index (χ2n) is 11.1. The lowest BCUT2D eigenvalue weighted by atomic mass is 9.79. The van der Waals surface area contributed by atoms with Crippen molar-refractivity contribution in [3.8, 4) is 11.3 Å². The summed E-state index contributed by atoms with van der Waals surface area (Å²) in [4.78, 5) is 4.82. The molecule has 0 amide bonds. The molecule has 1 nitrogen and oxygen atoms in total. The maximum Gasteiger partial charge on any atom is 0.0780 e. The van der Waals surface area contributed by atoms with Crippen molar-refractivity contribution in [1.82, 2.24) is 4.98 Å². The van der Waals surface area contributed by atoms with E-state index in [-0.39, 0.29) is 16.2 Å². The van der Waals surface area contributed by atoms with Crippen LogP contribution in [0.5, 0.6) is 0 Å². The molecule has 0 N–H and O–H groups in total. The minimum absolute atomic E-state index is 0.0972. The fourth-order valence-corrected chi connectivity index (χ4v) is 3.50. The smallest absolute Gasteiger partial charge is 0.0780 e. The first-order valence-corrected chi connectivity index (χ1v) is 10.3. The summed E-state index contributed by atoms with van der Waals surface area (Å²) >= 11 is 0. The molecule has 0 saturated carbocycles. The molecule has 0 atom stereocenters. The fourth-order valence-electron chi connectivity index (χ4n) is 3.50. The summed E-state index contributed by atoms with van der Waals surface area (Å²) in [7, 11) is 0. The summed E-state index contributed by atoms with van der Waals surface area (Å²) in [6, 6.07) is 16.0. The monoisotopic (exact) mass is 373 g/mol. The van der Waals surface area contributed by atoms with Crippen molar-refractivity contribution in [3.05, 3.63) is 65.4 Å². The maximum absolute atomic E-state index is 4.82. The lowest BCUT2D eigenvalue weighted by molar-refractivity contribution is 0.569. The van der Waals surface area contributed by atoms with E-state index < -0.39 is 0 Å². The van der Waals surface area contributed by atoms with Gasteiger partial charge in [0.15, 0.2) is 0 Å². The second kappa shape index (κ2) is 6.72. The van der Waals surface area contributed by atoms with E-state index in [2.05, 4.69) is 105 Å². The molecule has 2 aromatic carbocycles. The molecule has 3 aromatic rings. The highest BCUT2D eigenvalue weighted by molar-refractivity contribution is 5.95. The average molecular weight is 374 g/mol. The van der Waals surface area contributed by atoms with Crippen LogP contribution in [0.1, 0.15) is 79.0 Å². The van der Waals surface area contributed by atoms with Gasteiger partial charge in [-0.3, -0.25) is 4.98 Å². The Kier molecular flexibility index (Phi) is 4.94. The van der Waals surface area contributed by atoms with Gasteiger partial charge in [0.2, 0.25) is 0 Å². The van der Waals surface area contributed by atoms with Gasteiger partial charge in [-0.25, -0.2) is 0 Å². The van der Waals surface area contributed by atoms with Crippen LogP contribution in [0, 0.1) is 0 Å². The molecule has 1 heterocycles. The van der Waals surface area contributed by atoms with Crippen LogP contribution in [0.15, 0.2) is 48.7 Å². The molecule has 0 unspecified atom stereocenters. The van der Waals surface area contributed by atoms with Gasteiger partial charge < -0.3 is 0 Å². The van der Waals surface area contributed by atoms with Crippen LogP contribution >= 0.6 is 0 Å². The van der Waals surface area contributed by atoms with E-state index in [1.165, 1.54) is 33.0 Å². The number of benzene rings is 2. The van der Waals surface area contributed by atoms with Crippen molar-refractivity contribution in [3.63, 3.8) is 0 Å². The zero-order valence-electron chi connectivity index (χ0n) is 19.1. The molecular formula is C27H35N. The number of nitrogens with zero attached hydrogens (tertiary/aromatic N) is 1. The van der Waals surface area contributed by atoms with Gasteiger partial charge in [-0.15, -0.1) is 0 Å².